The molecule has 0 saturated heterocycles. The molecule has 170 valence electrons. The first-order valence-electron chi connectivity index (χ1n) is 10.5. The summed E-state index contributed by atoms with van der Waals surface area (Å²) in [4.78, 5) is 34.7. The van der Waals surface area contributed by atoms with Crippen LogP contribution in [0.5, 0.6) is 0 Å². The highest BCUT2D eigenvalue weighted by Gasteiger charge is 2.15. The van der Waals surface area contributed by atoms with E-state index in [1.165, 1.54) is 28.3 Å². The average Bonchev–Trinajstić information content (AvgIpc) is 2.81. The second-order valence-corrected chi connectivity index (χ2v) is 7.85. The molecule has 0 fully saturated rings. The number of ether oxygens (including phenoxy) is 1. The highest BCUT2D eigenvalue weighted by molar-refractivity contribution is 8.01. The number of aryl methyl sites for hydroxylation is 2. The number of carbonyl (C=O) groups excluding carboxylic acids is 1. The van der Waals surface area contributed by atoms with E-state index in [-0.39, 0.29) is 22.0 Å². The number of thioether (sulfide) groups is 1. The predicted molar refractivity (Wildman–Crippen MR) is 130 cm³/mol. The topological polar surface area (TPSA) is 102 Å². The van der Waals surface area contributed by atoms with Gasteiger partial charge in [-0.15, -0.1) is 11.8 Å². The average molecular weight is 464 g/mol. The van der Waals surface area contributed by atoms with Crippen LogP contribution in [0.3, 0.4) is 0 Å². The highest BCUT2D eigenvalue weighted by atomic mass is 32.2. The number of amides is 1. The second-order valence-electron chi connectivity index (χ2n) is 7.11. The Morgan fingerprint density at radius 2 is 2.18 bits per heavy atom. The standard InChI is InChI=1S/C24H25N5O3S/c1-4-32-13-8-12-28-22(26-20(30)10-5-6-14-33-3)18(16-25)15-19-23(28)27-21-17(2)9-7-11-29(21)24(19)31/h5-7,9-11,14-15H,4,8,12-13H2,1-3H3/b10-5+,14-6-,26-22?. The quantitative estimate of drug-likeness (QED) is 0.220. The smallest absolute Gasteiger partial charge is 0.271 e. The van der Waals surface area contributed by atoms with Crippen LogP contribution in [-0.4, -0.2) is 39.3 Å². The van der Waals surface area contributed by atoms with Crippen molar-refractivity contribution in [1.29, 1.82) is 5.26 Å². The van der Waals surface area contributed by atoms with Crippen molar-refractivity contribution in [3.63, 3.8) is 0 Å². The van der Waals surface area contributed by atoms with Crippen molar-refractivity contribution >= 4 is 34.3 Å². The first-order valence-corrected chi connectivity index (χ1v) is 11.8. The van der Waals surface area contributed by atoms with Gasteiger partial charge in [0.2, 0.25) is 0 Å². The normalized spacial score (nSPS) is 12.4. The molecule has 0 radical (unpaired) electrons. The zero-order chi connectivity index (χ0) is 23.8. The number of fused-ring (bicyclic) bond motifs is 2. The molecular formula is C24H25N5O3S. The minimum absolute atomic E-state index is 0.131. The Balaban J connectivity index is 2.31. The second kappa shape index (κ2) is 11.4. The molecule has 0 aromatic carbocycles. The molecule has 9 heteroatoms. The van der Waals surface area contributed by atoms with E-state index in [2.05, 4.69) is 11.1 Å². The largest absolute Gasteiger partial charge is 0.382 e. The van der Waals surface area contributed by atoms with E-state index >= 15 is 0 Å². The van der Waals surface area contributed by atoms with Crippen molar-refractivity contribution in [2.24, 2.45) is 4.99 Å². The Morgan fingerprint density at radius 3 is 2.91 bits per heavy atom. The molecule has 1 amide bonds. The van der Waals surface area contributed by atoms with Gasteiger partial charge in [0, 0.05) is 32.0 Å². The first-order chi connectivity index (χ1) is 16.0. The van der Waals surface area contributed by atoms with Gasteiger partial charge in [0.05, 0.1) is 10.9 Å². The molecule has 3 aromatic rings. The van der Waals surface area contributed by atoms with Gasteiger partial charge in [0.1, 0.15) is 17.4 Å². The molecule has 8 nitrogen and oxygen atoms in total. The summed E-state index contributed by atoms with van der Waals surface area (Å²) in [6.07, 6.45) is 8.82. The molecule has 3 heterocycles. The fourth-order valence-corrected chi connectivity index (χ4v) is 3.62. The maximum atomic E-state index is 13.2. The number of nitriles is 1. The molecule has 33 heavy (non-hydrogen) atoms. The van der Waals surface area contributed by atoms with Gasteiger partial charge in [-0.25, -0.2) is 4.98 Å². The van der Waals surface area contributed by atoms with E-state index in [1.807, 2.05) is 31.6 Å². The summed E-state index contributed by atoms with van der Waals surface area (Å²) in [5.74, 6) is -0.510. The van der Waals surface area contributed by atoms with Gasteiger partial charge in [-0.05, 0) is 49.6 Å². The van der Waals surface area contributed by atoms with Crippen molar-refractivity contribution in [3.8, 4) is 6.07 Å². The third-order valence-electron chi connectivity index (χ3n) is 4.88. The monoisotopic (exact) mass is 463 g/mol. The number of allylic oxidation sites excluding steroid dienone is 2. The fraction of sp³-hybridized carbons (Fsp3) is 0.292. The van der Waals surface area contributed by atoms with Crippen molar-refractivity contribution < 1.29 is 9.53 Å². The molecule has 0 aliphatic heterocycles. The molecule has 3 aromatic heterocycles. The number of hydrogen-bond donors (Lipinski definition) is 0. The van der Waals surface area contributed by atoms with E-state index in [1.54, 1.807) is 29.0 Å². The SMILES string of the molecule is CCOCCCn1c(=NC(=O)/C=C/C=C\SC)c(C#N)cc2c(=O)n3cccc(C)c3nc21. The predicted octanol–water partition coefficient (Wildman–Crippen LogP) is 3.12. The van der Waals surface area contributed by atoms with Gasteiger partial charge in [0.15, 0.2) is 5.49 Å². The molecule has 0 N–H and O–H groups in total. The Bertz CT molecular complexity index is 1410. The van der Waals surface area contributed by atoms with E-state index in [0.717, 1.165) is 5.56 Å². The number of aromatic nitrogens is 3. The third-order valence-corrected chi connectivity index (χ3v) is 5.31. The lowest BCUT2D eigenvalue weighted by Crippen LogP contribution is -2.30. The van der Waals surface area contributed by atoms with Gasteiger partial charge in [0.25, 0.3) is 11.5 Å². The molecule has 0 aliphatic rings. The van der Waals surface area contributed by atoms with Gasteiger partial charge in [-0.2, -0.15) is 10.3 Å². The summed E-state index contributed by atoms with van der Waals surface area (Å²) in [5.41, 5.74) is 1.75. The summed E-state index contributed by atoms with van der Waals surface area (Å²) in [5, 5.41) is 11.9. The molecular weight excluding hydrogens is 438 g/mol. The Kier molecular flexibility index (Phi) is 8.35. The van der Waals surface area contributed by atoms with Crippen molar-refractivity contribution in [1.82, 2.24) is 14.0 Å². The van der Waals surface area contributed by atoms with E-state index in [9.17, 15) is 14.9 Å². The van der Waals surface area contributed by atoms with Gasteiger partial charge in [-0.1, -0.05) is 18.2 Å². The number of rotatable bonds is 8. The van der Waals surface area contributed by atoms with Crippen LogP contribution in [0.15, 0.2) is 57.8 Å². The third kappa shape index (κ3) is 5.48. The zero-order valence-corrected chi connectivity index (χ0v) is 19.6. The highest BCUT2D eigenvalue weighted by Crippen LogP contribution is 2.13. The van der Waals surface area contributed by atoms with Gasteiger partial charge < -0.3 is 9.30 Å². The van der Waals surface area contributed by atoms with Crippen LogP contribution in [0, 0.1) is 18.3 Å². The van der Waals surface area contributed by atoms with E-state index in [0.29, 0.717) is 37.5 Å². The van der Waals surface area contributed by atoms with Crippen LogP contribution in [0.2, 0.25) is 0 Å². The minimum atomic E-state index is -0.510. The van der Waals surface area contributed by atoms with Crippen LogP contribution in [0.4, 0.5) is 0 Å². The molecule has 0 aliphatic carbocycles. The van der Waals surface area contributed by atoms with Crippen LogP contribution < -0.4 is 11.0 Å². The Morgan fingerprint density at radius 1 is 1.36 bits per heavy atom. The molecule has 3 rings (SSSR count). The summed E-state index contributed by atoms with van der Waals surface area (Å²) < 4.78 is 8.59. The van der Waals surface area contributed by atoms with Crippen molar-refractivity contribution in [2.45, 2.75) is 26.8 Å². The van der Waals surface area contributed by atoms with E-state index < -0.39 is 5.91 Å². The van der Waals surface area contributed by atoms with Crippen molar-refractivity contribution in [2.75, 3.05) is 19.5 Å². The fourth-order valence-electron chi connectivity index (χ4n) is 3.37. The Labute approximate surface area is 195 Å². The maximum absolute atomic E-state index is 13.2. The Hall–Kier alpha value is -3.48. The van der Waals surface area contributed by atoms with Gasteiger partial charge in [-0.3, -0.25) is 14.0 Å². The number of nitrogens with zero attached hydrogens (tertiary/aromatic N) is 5. The van der Waals surface area contributed by atoms with Crippen LogP contribution >= 0.6 is 11.8 Å². The zero-order valence-electron chi connectivity index (χ0n) is 18.8. The number of pyridine rings is 2. The van der Waals surface area contributed by atoms with Crippen LogP contribution in [0.1, 0.15) is 24.5 Å². The summed E-state index contributed by atoms with van der Waals surface area (Å²) in [7, 11) is 0. The molecule has 0 atom stereocenters. The summed E-state index contributed by atoms with van der Waals surface area (Å²) in [6.45, 7) is 5.23. The molecule has 0 spiro atoms. The lowest BCUT2D eigenvalue weighted by Gasteiger charge is -2.14. The number of hydrogen-bond acceptors (Lipinski definition) is 6. The molecule has 0 unspecified atom stereocenters. The summed E-state index contributed by atoms with van der Waals surface area (Å²) in [6, 6.07) is 7.19. The maximum Gasteiger partial charge on any atom is 0.271 e. The lowest BCUT2D eigenvalue weighted by molar-refractivity contribution is -0.113. The number of carbonyl (C=O) groups is 1. The first kappa shape index (κ1) is 24.2. The summed E-state index contributed by atoms with van der Waals surface area (Å²) >= 11 is 1.51. The van der Waals surface area contributed by atoms with Crippen LogP contribution in [-0.2, 0) is 16.1 Å². The molecule has 0 saturated carbocycles. The van der Waals surface area contributed by atoms with Gasteiger partial charge >= 0.3 is 0 Å². The van der Waals surface area contributed by atoms with Crippen molar-refractivity contribution in [3.05, 3.63) is 75.0 Å². The van der Waals surface area contributed by atoms with E-state index in [4.69, 9.17) is 9.72 Å². The van der Waals surface area contributed by atoms with Crippen LogP contribution in [0.25, 0.3) is 16.7 Å². The lowest BCUT2D eigenvalue weighted by atomic mass is 10.2. The molecule has 0 bridgehead atoms. The minimum Gasteiger partial charge on any atom is -0.382 e.